The Morgan fingerprint density at radius 3 is 2.56 bits per heavy atom. The Morgan fingerprint density at radius 1 is 1.28 bits per heavy atom. The molecule has 2 aliphatic rings. The Bertz CT molecular complexity index is 277. The van der Waals surface area contributed by atoms with Gasteiger partial charge >= 0.3 is 0 Å². The molecule has 106 valence electrons. The number of hydrogen-bond acceptors (Lipinski definition) is 2. The molecular formula is C16H32N2. The van der Waals surface area contributed by atoms with Crippen molar-refractivity contribution >= 4 is 0 Å². The Labute approximate surface area is 114 Å². The maximum atomic E-state index is 3.75. The number of piperidine rings is 1. The molecule has 0 amide bonds. The van der Waals surface area contributed by atoms with Gasteiger partial charge in [-0.25, -0.2) is 0 Å². The van der Waals surface area contributed by atoms with E-state index in [0.29, 0.717) is 16.9 Å². The number of hydrogen-bond donors (Lipinski definition) is 1. The smallest absolute Gasteiger partial charge is 0.0246 e. The molecular weight excluding hydrogens is 220 g/mol. The fourth-order valence-electron chi connectivity index (χ4n) is 3.55. The molecule has 0 aromatic heterocycles. The van der Waals surface area contributed by atoms with Gasteiger partial charge in [0.05, 0.1) is 0 Å². The summed E-state index contributed by atoms with van der Waals surface area (Å²) < 4.78 is 0. The predicted octanol–water partition coefficient (Wildman–Crippen LogP) is 3.13. The molecule has 0 radical (unpaired) electrons. The predicted molar refractivity (Wildman–Crippen MR) is 78.8 cm³/mol. The van der Waals surface area contributed by atoms with E-state index in [1.165, 1.54) is 45.4 Å². The van der Waals surface area contributed by atoms with Gasteiger partial charge in [0.15, 0.2) is 0 Å². The summed E-state index contributed by atoms with van der Waals surface area (Å²) in [6.07, 6.45) is 4.10. The topological polar surface area (TPSA) is 15.3 Å². The van der Waals surface area contributed by atoms with E-state index < -0.39 is 0 Å². The molecule has 2 unspecified atom stereocenters. The van der Waals surface area contributed by atoms with Crippen molar-refractivity contribution in [3.8, 4) is 0 Å². The average Bonchev–Trinajstić information content (AvgIpc) is 2.69. The van der Waals surface area contributed by atoms with E-state index in [1.807, 2.05) is 0 Å². The summed E-state index contributed by atoms with van der Waals surface area (Å²) in [5, 5.41) is 3.75. The molecule has 0 spiro atoms. The first-order valence-corrected chi connectivity index (χ1v) is 7.75. The zero-order valence-corrected chi connectivity index (χ0v) is 13.1. The van der Waals surface area contributed by atoms with E-state index in [9.17, 15) is 0 Å². The first-order valence-electron chi connectivity index (χ1n) is 7.75. The van der Waals surface area contributed by atoms with Gasteiger partial charge in [-0.15, -0.1) is 0 Å². The Balaban J connectivity index is 1.87. The molecule has 2 heteroatoms. The van der Waals surface area contributed by atoms with Crippen LogP contribution in [0.25, 0.3) is 0 Å². The minimum absolute atomic E-state index is 0.470. The summed E-state index contributed by atoms with van der Waals surface area (Å²) in [6.45, 7) is 17.1. The standard InChI is InChI=1S/C16H32N2/c1-15(2,3)13-7-10-18(11-13)12-14-16(4,5)8-6-9-17-14/h13-14,17H,6-12H2,1-5H3. The molecule has 1 N–H and O–H groups in total. The van der Waals surface area contributed by atoms with Gasteiger partial charge in [0.1, 0.15) is 0 Å². The van der Waals surface area contributed by atoms with Crippen LogP contribution in [0.2, 0.25) is 0 Å². The summed E-state index contributed by atoms with van der Waals surface area (Å²) in [7, 11) is 0. The van der Waals surface area contributed by atoms with E-state index >= 15 is 0 Å². The lowest BCUT2D eigenvalue weighted by Crippen LogP contribution is -2.52. The van der Waals surface area contributed by atoms with E-state index in [0.717, 1.165) is 5.92 Å². The highest BCUT2D eigenvalue weighted by atomic mass is 15.2. The fraction of sp³-hybridized carbons (Fsp3) is 1.00. The first kappa shape index (κ1) is 14.3. The second-order valence-electron chi connectivity index (χ2n) is 8.21. The van der Waals surface area contributed by atoms with Gasteiger partial charge in [-0.05, 0) is 49.1 Å². The van der Waals surface area contributed by atoms with Crippen molar-refractivity contribution in [2.24, 2.45) is 16.7 Å². The molecule has 2 aliphatic heterocycles. The zero-order valence-electron chi connectivity index (χ0n) is 13.1. The Morgan fingerprint density at radius 2 is 2.00 bits per heavy atom. The molecule has 0 aromatic rings. The van der Waals surface area contributed by atoms with Crippen LogP contribution in [0, 0.1) is 16.7 Å². The molecule has 2 atom stereocenters. The lowest BCUT2D eigenvalue weighted by Gasteiger charge is -2.41. The van der Waals surface area contributed by atoms with Crippen LogP contribution < -0.4 is 5.32 Å². The van der Waals surface area contributed by atoms with E-state index in [1.54, 1.807) is 0 Å². The summed E-state index contributed by atoms with van der Waals surface area (Å²) >= 11 is 0. The van der Waals surface area contributed by atoms with E-state index in [-0.39, 0.29) is 0 Å². The second-order valence-corrected chi connectivity index (χ2v) is 8.21. The lowest BCUT2D eigenvalue weighted by molar-refractivity contribution is 0.131. The van der Waals surface area contributed by atoms with Gasteiger partial charge < -0.3 is 10.2 Å². The van der Waals surface area contributed by atoms with Crippen LogP contribution in [0.4, 0.5) is 0 Å². The highest BCUT2D eigenvalue weighted by Gasteiger charge is 2.37. The largest absolute Gasteiger partial charge is 0.312 e. The summed E-state index contributed by atoms with van der Waals surface area (Å²) in [6, 6.07) is 0.685. The summed E-state index contributed by atoms with van der Waals surface area (Å²) in [5.74, 6) is 0.879. The third-order valence-corrected chi connectivity index (χ3v) is 5.27. The number of rotatable bonds is 2. The van der Waals surface area contributed by atoms with E-state index in [2.05, 4.69) is 44.8 Å². The molecule has 2 rings (SSSR count). The Kier molecular flexibility index (Phi) is 4.08. The average molecular weight is 252 g/mol. The molecule has 2 nitrogen and oxygen atoms in total. The van der Waals surface area contributed by atoms with Crippen molar-refractivity contribution in [2.45, 2.75) is 59.9 Å². The van der Waals surface area contributed by atoms with Gasteiger partial charge in [0.25, 0.3) is 0 Å². The van der Waals surface area contributed by atoms with Crippen LogP contribution >= 0.6 is 0 Å². The zero-order chi connectivity index (χ0) is 13.4. The monoisotopic (exact) mass is 252 g/mol. The molecule has 0 aliphatic carbocycles. The maximum Gasteiger partial charge on any atom is 0.0246 e. The Hall–Kier alpha value is -0.0800. The molecule has 0 saturated carbocycles. The number of likely N-dealkylation sites (tertiary alicyclic amines) is 1. The van der Waals surface area contributed by atoms with Crippen LogP contribution in [0.15, 0.2) is 0 Å². The SMILES string of the molecule is CC(C)(C)C1CCN(CC2NCCCC2(C)C)C1. The maximum absolute atomic E-state index is 3.75. The molecule has 0 bridgehead atoms. The molecule has 18 heavy (non-hydrogen) atoms. The fourth-order valence-corrected chi connectivity index (χ4v) is 3.55. The van der Waals surface area contributed by atoms with Gasteiger partial charge in [-0.2, -0.15) is 0 Å². The van der Waals surface area contributed by atoms with Gasteiger partial charge in [0, 0.05) is 19.1 Å². The van der Waals surface area contributed by atoms with E-state index in [4.69, 9.17) is 0 Å². The first-order chi connectivity index (χ1) is 8.29. The van der Waals surface area contributed by atoms with Crippen molar-refractivity contribution < 1.29 is 0 Å². The van der Waals surface area contributed by atoms with Crippen LogP contribution in [0.3, 0.4) is 0 Å². The number of nitrogens with zero attached hydrogens (tertiary/aromatic N) is 1. The number of nitrogens with one attached hydrogen (secondary N) is 1. The van der Waals surface area contributed by atoms with Crippen LogP contribution in [-0.2, 0) is 0 Å². The third-order valence-electron chi connectivity index (χ3n) is 5.27. The summed E-state index contributed by atoms with van der Waals surface area (Å²) in [4.78, 5) is 2.70. The highest BCUT2D eigenvalue weighted by molar-refractivity contribution is 4.92. The van der Waals surface area contributed by atoms with Crippen LogP contribution in [-0.4, -0.2) is 37.1 Å². The minimum Gasteiger partial charge on any atom is -0.312 e. The van der Waals surface area contributed by atoms with Crippen molar-refractivity contribution in [1.82, 2.24) is 10.2 Å². The second kappa shape index (κ2) is 5.13. The van der Waals surface area contributed by atoms with Crippen LogP contribution in [0.5, 0.6) is 0 Å². The van der Waals surface area contributed by atoms with Gasteiger partial charge in [0.2, 0.25) is 0 Å². The van der Waals surface area contributed by atoms with Gasteiger partial charge in [-0.1, -0.05) is 34.6 Å². The van der Waals surface area contributed by atoms with Gasteiger partial charge in [-0.3, -0.25) is 0 Å². The summed E-state index contributed by atoms with van der Waals surface area (Å²) in [5.41, 5.74) is 0.947. The van der Waals surface area contributed by atoms with Crippen molar-refractivity contribution in [2.75, 3.05) is 26.2 Å². The van der Waals surface area contributed by atoms with Crippen LogP contribution in [0.1, 0.15) is 53.9 Å². The third kappa shape index (κ3) is 3.27. The van der Waals surface area contributed by atoms with Crippen molar-refractivity contribution in [3.05, 3.63) is 0 Å². The quantitative estimate of drug-likeness (QED) is 0.812. The highest BCUT2D eigenvalue weighted by Crippen LogP contribution is 2.35. The molecule has 0 aromatic carbocycles. The molecule has 2 fully saturated rings. The molecule has 2 heterocycles. The molecule has 2 saturated heterocycles. The lowest BCUT2D eigenvalue weighted by atomic mass is 9.77. The minimum atomic E-state index is 0.470. The van der Waals surface area contributed by atoms with Crippen molar-refractivity contribution in [1.29, 1.82) is 0 Å². The van der Waals surface area contributed by atoms with Crippen molar-refractivity contribution in [3.63, 3.8) is 0 Å². The normalized spacial score (nSPS) is 33.8.